The summed E-state index contributed by atoms with van der Waals surface area (Å²) in [6, 6.07) is 0. The van der Waals surface area contributed by atoms with Crippen molar-refractivity contribution in [3.63, 3.8) is 0 Å². The van der Waals surface area contributed by atoms with Gasteiger partial charge in [0.05, 0.1) is 84.4 Å². The number of rotatable bonds is 12. The lowest BCUT2D eigenvalue weighted by molar-refractivity contribution is 0.0306. The molecular weight excluding hydrogens is 1350 g/mol. The number of nitrogens with one attached hydrogen (secondary N) is 10. The zero-order valence-electron chi connectivity index (χ0n) is 68.1. The number of nitrogens with zero attached hydrogens (tertiary/aromatic N) is 9. The molecular formula is C76H171N19O11. The Labute approximate surface area is 646 Å². The van der Waals surface area contributed by atoms with E-state index < -0.39 is 0 Å². The van der Waals surface area contributed by atoms with Gasteiger partial charge < -0.3 is 133 Å². The van der Waals surface area contributed by atoms with E-state index in [1.807, 2.05) is 0 Å². The van der Waals surface area contributed by atoms with Crippen molar-refractivity contribution in [3.05, 3.63) is 0 Å². The van der Waals surface area contributed by atoms with E-state index in [1.54, 1.807) is 0 Å². The van der Waals surface area contributed by atoms with Crippen LogP contribution in [0.2, 0.25) is 0 Å². The van der Waals surface area contributed by atoms with Gasteiger partial charge in [0.25, 0.3) is 0 Å². The third-order valence-corrected chi connectivity index (χ3v) is 19.9. The van der Waals surface area contributed by atoms with Crippen LogP contribution in [0.15, 0.2) is 0 Å². The SMILES string of the molecule is C1CCNC1.C1CCNCC1.C1CNCCN1.C1COCCN1.CN1CCC(O)CC1.CN1CCN(CCO)CC1.CN1CCNCC1.OC1CCNCC1.OC1CCNCC1.OCCN1CCCC1.OCCN1CCCCC1.OCCN1CCNCC1.OCCN1CCNCC1.OCCN1CCOCC1. The van der Waals surface area contributed by atoms with E-state index in [1.165, 1.54) is 130 Å². The fraction of sp³-hybridized carbons (Fsp3) is 1.00. The molecule has 0 radical (unpaired) electrons. The Morgan fingerprint density at radius 3 is 0.726 bits per heavy atom. The zero-order chi connectivity index (χ0) is 76.9. The van der Waals surface area contributed by atoms with Gasteiger partial charge in [0.15, 0.2) is 0 Å². The number of morpholine rings is 2. The van der Waals surface area contributed by atoms with Crippen LogP contribution >= 0.6 is 0 Å². The molecule has 14 aliphatic heterocycles. The molecule has 14 aliphatic rings. The first-order chi connectivity index (χ1) is 52.0. The van der Waals surface area contributed by atoms with E-state index in [-0.39, 0.29) is 24.9 Å². The quantitative estimate of drug-likeness (QED) is 0.0881. The highest BCUT2D eigenvalue weighted by Gasteiger charge is 2.16. The highest BCUT2D eigenvalue weighted by molar-refractivity contribution is 4.73. The molecule has 0 unspecified atom stereocenters. The van der Waals surface area contributed by atoms with Gasteiger partial charge in [-0.05, 0) is 190 Å². The van der Waals surface area contributed by atoms with Crippen molar-refractivity contribution < 1.29 is 55.4 Å². The molecule has 0 amide bonds. The van der Waals surface area contributed by atoms with Crippen LogP contribution in [-0.4, -0.2) is 484 Å². The lowest BCUT2D eigenvalue weighted by Crippen LogP contribution is -2.45. The molecule has 30 heteroatoms. The Hall–Kier alpha value is -1.20. The van der Waals surface area contributed by atoms with Gasteiger partial charge in [-0.2, -0.15) is 0 Å². The number of piperazine rings is 5. The van der Waals surface area contributed by atoms with Crippen molar-refractivity contribution in [2.75, 3.05) is 375 Å². The molecule has 14 heterocycles. The average molecular weight is 1530 g/mol. The lowest BCUT2D eigenvalue weighted by atomic mass is 10.1. The maximum atomic E-state index is 9.00. The fourth-order valence-corrected chi connectivity index (χ4v) is 12.7. The predicted octanol–water partition coefficient (Wildman–Crippen LogP) is -4.19. The maximum absolute atomic E-state index is 9.00. The van der Waals surface area contributed by atoms with Gasteiger partial charge >= 0.3 is 0 Å². The Balaban J connectivity index is 0.000000573. The van der Waals surface area contributed by atoms with Crippen molar-refractivity contribution in [3.8, 4) is 0 Å². The lowest BCUT2D eigenvalue weighted by Gasteiger charge is -2.31. The molecule has 636 valence electrons. The van der Waals surface area contributed by atoms with Crippen LogP contribution in [0.25, 0.3) is 0 Å². The third kappa shape index (κ3) is 70.6. The average Bonchev–Trinajstić information content (AvgIpc) is 1.48. The number of likely N-dealkylation sites (tertiary alicyclic amines) is 3. The molecule has 106 heavy (non-hydrogen) atoms. The maximum Gasteiger partial charge on any atom is 0.0594 e. The van der Waals surface area contributed by atoms with Crippen molar-refractivity contribution in [1.29, 1.82) is 0 Å². The largest absolute Gasteiger partial charge is 0.395 e. The Bertz CT molecular complexity index is 1450. The summed E-state index contributed by atoms with van der Waals surface area (Å²) in [5.41, 5.74) is 0. The first kappa shape index (κ1) is 103. The van der Waals surface area contributed by atoms with Crippen LogP contribution in [-0.2, 0) is 9.47 Å². The van der Waals surface area contributed by atoms with Crippen molar-refractivity contribution in [2.24, 2.45) is 0 Å². The number of hydrogen-bond acceptors (Lipinski definition) is 30. The number of aliphatic hydroxyl groups is 9. The van der Waals surface area contributed by atoms with Crippen LogP contribution < -0.4 is 53.2 Å². The normalized spacial score (nSPS) is 23.7. The molecule has 19 N–H and O–H groups in total. The fourth-order valence-electron chi connectivity index (χ4n) is 12.7. The molecule has 0 aliphatic carbocycles. The molecule has 0 saturated carbocycles. The van der Waals surface area contributed by atoms with E-state index in [9.17, 15) is 0 Å². The summed E-state index contributed by atoms with van der Waals surface area (Å²) < 4.78 is 10.1. The van der Waals surface area contributed by atoms with Crippen molar-refractivity contribution in [2.45, 2.75) is 121 Å². The van der Waals surface area contributed by atoms with Gasteiger partial charge in [0.1, 0.15) is 0 Å². The second kappa shape index (κ2) is 80.4. The predicted molar refractivity (Wildman–Crippen MR) is 436 cm³/mol. The van der Waals surface area contributed by atoms with Crippen LogP contribution in [0.3, 0.4) is 0 Å². The number of likely N-dealkylation sites (N-methyl/N-ethyl adjacent to an activating group) is 2. The second-order valence-corrected chi connectivity index (χ2v) is 29.3. The standard InChI is InChI=1S/C7H16N2O.C7H15NO.2C6H14N2O.C6H13NO2.2C6H13NO.C5H12N2.2C5H11NO.C5H11N.C4H10N2.C4H9NO.C4H9N/c1-8-2-4-9(5-3-8)6-7-10;9-7-6-8-4-2-1-3-5-8;2*9-6-5-8-3-1-7-2-4-8;8-4-1-7-2-5-9-6-3-7;1-7-4-2-6(8)3-5-7;8-6-5-7-3-1-2-4-7;1-7-4-2-6-3-5-7;2*7-5-1-3-6-4-2-5;1-2-4-6-5-3-1;1-2-6-4-3-5-1;1-3-6-4-2-5-1;1-2-4-5-3-1/h10H,2-7H2,1H3;9H,1-7H2;2*7,9H,1-6H2;8H,1-6H2;6,8H,2-5H2,1H3;8H,1-6H2;6H,2-5H2,1H3;2*5-7H,1-4H2;6H,1-5H2;5-6H,1-4H2;5H,1-4H2;5H,1-4H2. The van der Waals surface area contributed by atoms with Crippen LogP contribution in [0.4, 0.5) is 0 Å². The summed E-state index contributed by atoms with van der Waals surface area (Å²) in [6.45, 7) is 52.5. The van der Waals surface area contributed by atoms with E-state index in [0.29, 0.717) is 33.0 Å². The monoisotopic (exact) mass is 1530 g/mol. The van der Waals surface area contributed by atoms with Gasteiger partial charge in [-0.1, -0.05) is 12.8 Å². The third-order valence-electron chi connectivity index (χ3n) is 19.9. The minimum absolute atomic E-state index is 0.0220. The molecule has 14 fully saturated rings. The van der Waals surface area contributed by atoms with Crippen molar-refractivity contribution >= 4 is 0 Å². The van der Waals surface area contributed by atoms with Crippen molar-refractivity contribution in [1.82, 2.24) is 97.3 Å². The van der Waals surface area contributed by atoms with Gasteiger partial charge in [-0.15, -0.1) is 0 Å². The first-order valence-electron chi connectivity index (χ1n) is 42.3. The highest BCUT2D eigenvalue weighted by atomic mass is 16.5. The van der Waals surface area contributed by atoms with Crippen LogP contribution in [0.1, 0.15) is 103 Å². The number of piperidine rings is 5. The molecule has 30 nitrogen and oxygen atoms in total. The minimum atomic E-state index is -0.0266. The van der Waals surface area contributed by atoms with E-state index in [4.69, 9.17) is 55.4 Å². The van der Waals surface area contributed by atoms with Crippen LogP contribution in [0.5, 0.6) is 0 Å². The Kier molecular flexibility index (Phi) is 78.0. The summed E-state index contributed by atoms with van der Waals surface area (Å²) >= 11 is 0. The molecule has 0 aromatic rings. The Morgan fingerprint density at radius 1 is 0.217 bits per heavy atom. The molecule has 0 aromatic heterocycles. The van der Waals surface area contributed by atoms with E-state index >= 15 is 0 Å². The number of β-amino-alcohol motifs (C(OH)–C–C–N with tert-alkyl or cyclic N) is 6. The van der Waals surface area contributed by atoms with Crippen LogP contribution in [0, 0.1) is 0 Å². The van der Waals surface area contributed by atoms with Gasteiger partial charge in [-0.3, -0.25) is 19.6 Å². The van der Waals surface area contributed by atoms with E-state index in [2.05, 4.69) is 118 Å². The Morgan fingerprint density at radius 2 is 0.462 bits per heavy atom. The summed E-state index contributed by atoms with van der Waals surface area (Å²) in [5.74, 6) is 0. The smallest absolute Gasteiger partial charge is 0.0594 e. The van der Waals surface area contributed by atoms with E-state index in [0.717, 1.165) is 287 Å². The van der Waals surface area contributed by atoms with Gasteiger partial charge in [0.2, 0.25) is 0 Å². The molecule has 0 aromatic carbocycles. The summed E-state index contributed by atoms with van der Waals surface area (Å²) in [6.07, 6.45) is 19.2. The summed E-state index contributed by atoms with van der Waals surface area (Å²) in [7, 11) is 6.38. The molecule has 0 bridgehead atoms. The molecule has 0 atom stereocenters. The molecule has 0 spiro atoms. The molecule has 14 saturated heterocycles. The number of hydrogen-bond donors (Lipinski definition) is 19. The summed E-state index contributed by atoms with van der Waals surface area (Å²) in [5, 5.41) is 110. The minimum Gasteiger partial charge on any atom is -0.395 e. The number of ether oxygens (including phenoxy) is 2. The first-order valence-corrected chi connectivity index (χ1v) is 42.3. The van der Waals surface area contributed by atoms with Gasteiger partial charge in [-0.25, -0.2) is 0 Å². The zero-order valence-corrected chi connectivity index (χ0v) is 68.1. The second-order valence-electron chi connectivity index (χ2n) is 29.3. The molecule has 14 rings (SSSR count). The number of aliphatic hydroxyl groups excluding tert-OH is 9. The topological polar surface area (TPSA) is 350 Å². The highest BCUT2D eigenvalue weighted by Crippen LogP contribution is 2.09. The van der Waals surface area contributed by atoms with Gasteiger partial charge in [0, 0.05) is 209 Å². The summed E-state index contributed by atoms with van der Waals surface area (Å²) in [4.78, 5) is 20.5.